The molecule has 1 amide bonds. The summed E-state index contributed by atoms with van der Waals surface area (Å²) >= 11 is 12.4. The van der Waals surface area contributed by atoms with E-state index in [2.05, 4.69) is 45.5 Å². The molecule has 1 atom stereocenters. The number of fused-ring (bicyclic) bond motifs is 1. The Morgan fingerprint density at radius 3 is 2.36 bits per heavy atom. The van der Waals surface area contributed by atoms with E-state index < -0.39 is 0 Å². The number of amides is 1. The third kappa shape index (κ3) is 6.68. The summed E-state index contributed by atoms with van der Waals surface area (Å²) in [4.78, 5) is 18.5. The van der Waals surface area contributed by atoms with Crippen molar-refractivity contribution in [1.29, 1.82) is 5.26 Å². The zero-order chi connectivity index (χ0) is 29.1. The van der Waals surface area contributed by atoms with Gasteiger partial charge in [-0.2, -0.15) is 5.26 Å². The van der Waals surface area contributed by atoms with Crippen LogP contribution in [-0.2, 0) is 11.2 Å². The van der Waals surface area contributed by atoms with Gasteiger partial charge >= 0.3 is 0 Å². The summed E-state index contributed by atoms with van der Waals surface area (Å²) in [6, 6.07) is 22.9. The second-order valence-electron chi connectivity index (χ2n) is 12.1. The van der Waals surface area contributed by atoms with Gasteiger partial charge in [-0.15, -0.1) is 0 Å². The smallest absolute Gasteiger partial charge is 0.238 e. The number of halogens is 2. The molecule has 5 nitrogen and oxygen atoms in total. The molecule has 1 saturated heterocycles. The van der Waals surface area contributed by atoms with Crippen LogP contribution in [0.3, 0.4) is 0 Å². The first kappa shape index (κ1) is 29.2. The highest BCUT2D eigenvalue weighted by Crippen LogP contribution is 2.42. The molecule has 1 saturated carbocycles. The van der Waals surface area contributed by atoms with Crippen LogP contribution in [0.5, 0.6) is 0 Å². The van der Waals surface area contributed by atoms with Crippen LogP contribution < -0.4 is 5.32 Å². The lowest BCUT2D eigenvalue weighted by molar-refractivity contribution is -0.118. The number of nitriles is 1. The van der Waals surface area contributed by atoms with Crippen molar-refractivity contribution in [3.05, 3.63) is 87.4 Å². The van der Waals surface area contributed by atoms with Gasteiger partial charge in [-0.05, 0) is 104 Å². The Morgan fingerprint density at radius 1 is 0.881 bits per heavy atom. The molecule has 2 fully saturated rings. The number of hydrogen-bond donors (Lipinski definition) is 1. The number of nitrogens with one attached hydrogen (secondary N) is 1. The first-order chi connectivity index (χ1) is 20.5. The molecule has 1 unspecified atom stereocenters. The average molecular weight is 602 g/mol. The standard InChI is InChI=1S/C35H38Cl2N4O/c36-29-19-30(37)21-31(20-29)39-34(42)23-41-16-13-28-18-27(26-6-4-5-24(17-26)22-38)9-10-33(28)35(41)25-11-14-40(15-12-25)32-7-2-1-3-8-32/h4-6,9-10,17-21,25,32,35H,1-3,7-8,11-16,23H2,(H,39,42). The highest BCUT2D eigenvalue weighted by Gasteiger charge is 2.37. The van der Waals surface area contributed by atoms with Crippen molar-refractivity contribution in [1.82, 2.24) is 9.80 Å². The van der Waals surface area contributed by atoms with Crippen LogP contribution in [0.4, 0.5) is 5.69 Å². The van der Waals surface area contributed by atoms with Crippen LogP contribution in [-0.4, -0.2) is 47.9 Å². The Bertz CT molecular complexity index is 1450. The van der Waals surface area contributed by atoms with Gasteiger partial charge in [0.2, 0.25) is 5.91 Å². The number of rotatable bonds is 6. The fourth-order valence-corrected chi connectivity index (χ4v) is 7.97. The molecule has 3 aromatic carbocycles. The van der Waals surface area contributed by atoms with E-state index in [0.717, 1.165) is 56.1 Å². The Balaban J connectivity index is 1.24. The van der Waals surface area contributed by atoms with Crippen molar-refractivity contribution in [2.45, 2.75) is 63.5 Å². The molecule has 218 valence electrons. The lowest BCUT2D eigenvalue weighted by Gasteiger charge is -2.46. The molecular weight excluding hydrogens is 563 g/mol. The van der Waals surface area contributed by atoms with Gasteiger partial charge in [0.25, 0.3) is 0 Å². The van der Waals surface area contributed by atoms with Gasteiger partial charge in [0.05, 0.1) is 18.2 Å². The normalized spacial score (nSPS) is 20.5. The number of carbonyl (C=O) groups is 1. The molecule has 42 heavy (non-hydrogen) atoms. The van der Waals surface area contributed by atoms with Gasteiger partial charge in [-0.25, -0.2) is 0 Å². The summed E-state index contributed by atoms with van der Waals surface area (Å²) in [6.07, 6.45) is 9.96. The predicted octanol–water partition coefficient (Wildman–Crippen LogP) is 8.11. The maximum atomic E-state index is 13.3. The highest BCUT2D eigenvalue weighted by atomic mass is 35.5. The minimum absolute atomic E-state index is 0.0497. The molecule has 6 rings (SSSR count). The lowest BCUT2D eigenvalue weighted by Crippen LogP contribution is -2.48. The quantitative estimate of drug-likeness (QED) is 0.310. The molecule has 0 aromatic heterocycles. The minimum atomic E-state index is -0.0497. The maximum absolute atomic E-state index is 13.3. The molecule has 0 spiro atoms. The summed E-state index contributed by atoms with van der Waals surface area (Å²) in [5.74, 6) is 0.441. The van der Waals surface area contributed by atoms with Crippen molar-refractivity contribution in [2.24, 2.45) is 5.92 Å². The Morgan fingerprint density at radius 2 is 1.62 bits per heavy atom. The number of nitrogens with zero attached hydrogens (tertiary/aromatic N) is 3. The number of benzene rings is 3. The molecule has 3 aromatic rings. The first-order valence-electron chi connectivity index (χ1n) is 15.3. The second kappa shape index (κ2) is 13.2. The van der Waals surface area contributed by atoms with Crippen LogP contribution in [0.1, 0.15) is 67.7 Å². The number of anilines is 1. The molecule has 1 aliphatic carbocycles. The minimum Gasteiger partial charge on any atom is -0.325 e. The van der Waals surface area contributed by atoms with Crippen LogP contribution in [0.25, 0.3) is 11.1 Å². The van der Waals surface area contributed by atoms with Crippen molar-refractivity contribution >= 4 is 34.8 Å². The third-order valence-electron chi connectivity index (χ3n) is 9.45. The summed E-state index contributed by atoms with van der Waals surface area (Å²) in [5.41, 5.74) is 6.20. The molecule has 2 aliphatic heterocycles. The van der Waals surface area contributed by atoms with Gasteiger partial charge < -0.3 is 10.2 Å². The van der Waals surface area contributed by atoms with E-state index in [1.54, 1.807) is 18.2 Å². The zero-order valence-electron chi connectivity index (χ0n) is 24.0. The van der Waals surface area contributed by atoms with Crippen molar-refractivity contribution in [3.8, 4) is 17.2 Å². The molecule has 3 aliphatic rings. The number of likely N-dealkylation sites (tertiary alicyclic amines) is 1. The largest absolute Gasteiger partial charge is 0.325 e. The monoisotopic (exact) mass is 600 g/mol. The molecule has 0 bridgehead atoms. The fraction of sp³-hybridized carbons (Fsp3) is 0.429. The summed E-state index contributed by atoms with van der Waals surface area (Å²) in [7, 11) is 0. The third-order valence-corrected chi connectivity index (χ3v) is 9.89. The van der Waals surface area contributed by atoms with Gasteiger partial charge in [0, 0.05) is 34.4 Å². The highest BCUT2D eigenvalue weighted by molar-refractivity contribution is 6.35. The average Bonchev–Trinajstić information content (AvgIpc) is 3.01. The molecule has 2 heterocycles. The fourth-order valence-electron chi connectivity index (χ4n) is 7.45. The molecule has 1 N–H and O–H groups in total. The Labute approximate surface area is 259 Å². The molecule has 0 radical (unpaired) electrons. The summed E-state index contributed by atoms with van der Waals surface area (Å²) in [6.45, 7) is 3.43. The van der Waals surface area contributed by atoms with Crippen LogP contribution in [0.2, 0.25) is 10.0 Å². The number of carbonyl (C=O) groups excluding carboxylic acids is 1. The van der Waals surface area contributed by atoms with Crippen molar-refractivity contribution in [2.75, 3.05) is 31.5 Å². The van der Waals surface area contributed by atoms with E-state index in [0.29, 0.717) is 33.8 Å². The van der Waals surface area contributed by atoms with Gasteiger partial charge in [-0.1, -0.05) is 72.8 Å². The SMILES string of the molecule is N#Cc1cccc(-c2ccc3c(c2)CCN(CC(=O)Nc2cc(Cl)cc(Cl)c2)C3C2CCN(C3CCCCC3)CC2)c1. The van der Waals surface area contributed by atoms with E-state index in [9.17, 15) is 10.1 Å². The Kier molecular flexibility index (Phi) is 9.17. The predicted molar refractivity (Wildman–Crippen MR) is 171 cm³/mol. The van der Waals surface area contributed by atoms with Gasteiger partial charge in [-0.3, -0.25) is 9.69 Å². The topological polar surface area (TPSA) is 59.4 Å². The van der Waals surface area contributed by atoms with Crippen molar-refractivity contribution in [3.63, 3.8) is 0 Å². The van der Waals surface area contributed by atoms with Crippen LogP contribution in [0, 0.1) is 17.2 Å². The van der Waals surface area contributed by atoms with E-state index in [-0.39, 0.29) is 11.9 Å². The molecular formula is C35H38Cl2N4O. The van der Waals surface area contributed by atoms with E-state index in [1.807, 2.05) is 18.2 Å². The van der Waals surface area contributed by atoms with Crippen molar-refractivity contribution < 1.29 is 4.79 Å². The number of hydrogen-bond acceptors (Lipinski definition) is 4. The van der Waals surface area contributed by atoms with Crippen LogP contribution in [0.15, 0.2) is 60.7 Å². The lowest BCUT2D eigenvalue weighted by atomic mass is 9.78. The van der Waals surface area contributed by atoms with E-state index in [1.165, 1.54) is 43.2 Å². The van der Waals surface area contributed by atoms with Crippen LogP contribution >= 0.6 is 23.2 Å². The Hall–Kier alpha value is -2.88. The first-order valence-corrected chi connectivity index (χ1v) is 16.1. The maximum Gasteiger partial charge on any atom is 0.238 e. The number of piperidine rings is 1. The van der Waals surface area contributed by atoms with Gasteiger partial charge in [0.15, 0.2) is 0 Å². The molecule has 7 heteroatoms. The summed E-state index contributed by atoms with van der Waals surface area (Å²) in [5, 5.41) is 13.4. The summed E-state index contributed by atoms with van der Waals surface area (Å²) < 4.78 is 0. The van der Waals surface area contributed by atoms with Gasteiger partial charge in [0.1, 0.15) is 0 Å². The van der Waals surface area contributed by atoms with E-state index >= 15 is 0 Å². The van der Waals surface area contributed by atoms with E-state index in [4.69, 9.17) is 23.2 Å². The zero-order valence-corrected chi connectivity index (χ0v) is 25.5. The second-order valence-corrected chi connectivity index (χ2v) is 13.0.